The van der Waals surface area contributed by atoms with Crippen molar-refractivity contribution in [2.75, 3.05) is 5.75 Å². The summed E-state index contributed by atoms with van der Waals surface area (Å²) in [6, 6.07) is 4.48. The van der Waals surface area contributed by atoms with Gasteiger partial charge in [0.25, 0.3) is 0 Å². The largest absolute Gasteiger partial charge is 0.507 e. The molecule has 0 saturated carbocycles. The molecular weight excluding hydrogens is 469 g/mol. The number of thioether (sulfide) groups is 1. The Morgan fingerprint density at radius 3 is 1.91 bits per heavy atom. The van der Waals surface area contributed by atoms with Gasteiger partial charge in [-0.15, -0.1) is 11.8 Å². The lowest BCUT2D eigenvalue weighted by Gasteiger charge is -2.32. The van der Waals surface area contributed by atoms with E-state index in [4.69, 9.17) is 12.2 Å². The average Bonchev–Trinajstić information content (AvgIpc) is 3.08. The number of phenolic OH excluding ortho intramolecular Hbond substituents is 1. The first-order chi connectivity index (χ1) is 15.1. The molecular formula is C27H42OS4. The van der Waals surface area contributed by atoms with E-state index in [2.05, 4.69) is 60.6 Å². The molecule has 0 saturated heterocycles. The van der Waals surface area contributed by atoms with Gasteiger partial charge in [0, 0.05) is 16.7 Å². The Bertz CT molecular complexity index is 881. The fourth-order valence-corrected chi connectivity index (χ4v) is 9.17. The number of unbranched alkanes of at least 4 members (excludes halogenated alkanes) is 3. The van der Waals surface area contributed by atoms with Gasteiger partial charge in [0.05, 0.1) is 4.21 Å². The molecule has 2 rings (SSSR count). The van der Waals surface area contributed by atoms with Crippen LogP contribution in [0.1, 0.15) is 111 Å². The van der Waals surface area contributed by atoms with Gasteiger partial charge in [-0.1, -0.05) is 113 Å². The zero-order valence-corrected chi connectivity index (χ0v) is 24.4. The maximum absolute atomic E-state index is 11.5. The van der Waals surface area contributed by atoms with Crippen molar-refractivity contribution in [3.63, 3.8) is 0 Å². The molecule has 0 amide bonds. The Hall–Kier alpha value is -0.360. The molecule has 0 aliphatic rings. The van der Waals surface area contributed by atoms with Crippen LogP contribution in [-0.4, -0.2) is 10.9 Å². The molecule has 0 bridgehead atoms. The maximum atomic E-state index is 11.5. The summed E-state index contributed by atoms with van der Waals surface area (Å²) >= 11 is 7.80. The van der Waals surface area contributed by atoms with E-state index < -0.39 is 0 Å². The molecule has 1 aromatic carbocycles. The summed E-state index contributed by atoms with van der Waals surface area (Å²) in [6.45, 7) is 15.8. The van der Waals surface area contributed by atoms with Gasteiger partial charge in [0.2, 0.25) is 0 Å². The third-order valence-electron chi connectivity index (χ3n) is 6.44. The third kappa shape index (κ3) is 6.84. The van der Waals surface area contributed by atoms with Gasteiger partial charge in [0.15, 0.2) is 0 Å². The van der Waals surface area contributed by atoms with Crippen LogP contribution in [-0.2, 0) is 10.8 Å². The molecule has 0 aliphatic heterocycles. The molecule has 0 aliphatic carbocycles. The smallest absolute Gasteiger partial charge is 0.123 e. The van der Waals surface area contributed by atoms with Crippen molar-refractivity contribution in [1.29, 1.82) is 0 Å². The van der Waals surface area contributed by atoms with Crippen LogP contribution in [0.3, 0.4) is 0 Å². The number of benzene rings is 1. The fourth-order valence-electron chi connectivity index (χ4n) is 4.60. The molecule has 1 aromatic heterocycles. The van der Waals surface area contributed by atoms with Crippen LogP contribution in [0, 0.1) is 3.82 Å². The number of phenols is 1. The van der Waals surface area contributed by atoms with Crippen molar-refractivity contribution in [2.45, 2.75) is 115 Å². The van der Waals surface area contributed by atoms with E-state index >= 15 is 0 Å². The van der Waals surface area contributed by atoms with E-state index in [9.17, 15) is 5.11 Å². The van der Waals surface area contributed by atoms with Gasteiger partial charge in [-0.2, -0.15) is 0 Å². The molecule has 0 atom stereocenters. The van der Waals surface area contributed by atoms with Crippen molar-refractivity contribution >= 4 is 44.7 Å². The second-order valence-corrected chi connectivity index (χ2v) is 14.4. The van der Waals surface area contributed by atoms with Crippen LogP contribution in [0.4, 0.5) is 0 Å². The number of hydrogen-bond donors (Lipinski definition) is 1. The van der Waals surface area contributed by atoms with E-state index in [1.165, 1.54) is 41.0 Å². The SMILES string of the molecule is CCCCCCSc1ssc(=S)c1-c1cc(C(C)(C)CCC)c(O)c(C(C)(C)CCC)c1. The first-order valence-corrected chi connectivity index (χ1v) is 15.8. The van der Waals surface area contributed by atoms with Crippen molar-refractivity contribution in [3.8, 4) is 16.9 Å². The van der Waals surface area contributed by atoms with E-state index in [-0.39, 0.29) is 10.8 Å². The highest BCUT2D eigenvalue weighted by molar-refractivity contribution is 8.03. The summed E-state index contributed by atoms with van der Waals surface area (Å²) in [5.41, 5.74) is 4.39. The van der Waals surface area contributed by atoms with Gasteiger partial charge in [-0.25, -0.2) is 0 Å². The molecule has 0 radical (unpaired) electrons. The summed E-state index contributed by atoms with van der Waals surface area (Å²) in [7, 11) is 3.54. The minimum Gasteiger partial charge on any atom is -0.507 e. The number of aromatic hydroxyl groups is 1. The minimum atomic E-state index is -0.0829. The Labute approximate surface area is 213 Å². The summed E-state index contributed by atoms with van der Waals surface area (Å²) in [5, 5.41) is 11.5. The first kappa shape index (κ1) is 27.9. The Morgan fingerprint density at radius 1 is 0.844 bits per heavy atom. The Kier molecular flexibility index (Phi) is 10.8. The quantitative estimate of drug-likeness (QED) is 0.125. The van der Waals surface area contributed by atoms with E-state index in [1.54, 1.807) is 10.3 Å². The topological polar surface area (TPSA) is 20.2 Å². The lowest BCUT2D eigenvalue weighted by molar-refractivity contribution is 0.389. The maximum Gasteiger partial charge on any atom is 0.123 e. The molecule has 0 unspecified atom stereocenters. The molecule has 1 N–H and O–H groups in total. The lowest BCUT2D eigenvalue weighted by atomic mass is 9.73. The molecule has 1 nitrogen and oxygen atoms in total. The van der Waals surface area contributed by atoms with Gasteiger partial charge >= 0.3 is 0 Å². The van der Waals surface area contributed by atoms with Gasteiger partial charge in [0.1, 0.15) is 9.57 Å². The van der Waals surface area contributed by atoms with E-state index in [0.717, 1.165) is 46.4 Å². The molecule has 5 heteroatoms. The zero-order chi connectivity index (χ0) is 23.9. The standard InChI is InChI=1S/C27H42OS4/c1-8-11-12-13-16-30-25-22(24(29)31-32-25)19-17-20(26(4,5)14-9-2)23(28)21(18-19)27(6,7)15-10-3/h17-18,28H,8-16H2,1-7H3. The number of rotatable bonds is 13. The zero-order valence-electron chi connectivity index (χ0n) is 21.1. The minimum absolute atomic E-state index is 0.0829. The van der Waals surface area contributed by atoms with Crippen LogP contribution in [0.5, 0.6) is 5.75 Å². The number of hydrogen-bond acceptors (Lipinski definition) is 5. The molecule has 2 aromatic rings. The predicted octanol–water partition coefficient (Wildman–Crippen LogP) is 10.7. The Morgan fingerprint density at radius 2 is 1.41 bits per heavy atom. The molecule has 0 spiro atoms. The van der Waals surface area contributed by atoms with E-state index in [1.807, 2.05) is 22.1 Å². The second kappa shape index (κ2) is 12.4. The highest BCUT2D eigenvalue weighted by atomic mass is 32.9. The first-order valence-electron chi connectivity index (χ1n) is 12.2. The predicted molar refractivity (Wildman–Crippen MR) is 151 cm³/mol. The van der Waals surface area contributed by atoms with Gasteiger partial charge in [-0.05, 0) is 53.5 Å². The summed E-state index contributed by atoms with van der Waals surface area (Å²) in [6.07, 6.45) is 9.42. The summed E-state index contributed by atoms with van der Waals surface area (Å²) in [5.74, 6) is 1.64. The van der Waals surface area contributed by atoms with Crippen LogP contribution in [0.2, 0.25) is 0 Å². The summed E-state index contributed by atoms with van der Waals surface area (Å²) in [4.78, 5) is 0. The van der Waals surface area contributed by atoms with Crippen LogP contribution >= 0.6 is 44.7 Å². The van der Waals surface area contributed by atoms with E-state index in [0.29, 0.717) is 5.75 Å². The third-order valence-corrected chi connectivity index (χ3v) is 11.1. The van der Waals surface area contributed by atoms with Crippen molar-refractivity contribution in [2.24, 2.45) is 0 Å². The van der Waals surface area contributed by atoms with Crippen LogP contribution < -0.4 is 0 Å². The fraction of sp³-hybridized carbons (Fsp3) is 0.667. The lowest BCUT2D eigenvalue weighted by Crippen LogP contribution is -2.22. The second-order valence-electron chi connectivity index (χ2n) is 10.2. The average molecular weight is 511 g/mol. The van der Waals surface area contributed by atoms with Crippen LogP contribution in [0.25, 0.3) is 11.1 Å². The van der Waals surface area contributed by atoms with Crippen molar-refractivity contribution in [3.05, 3.63) is 27.1 Å². The Balaban J connectivity index is 2.59. The molecule has 32 heavy (non-hydrogen) atoms. The van der Waals surface area contributed by atoms with Crippen LogP contribution in [0.15, 0.2) is 16.3 Å². The molecule has 1 heterocycles. The van der Waals surface area contributed by atoms with Gasteiger partial charge < -0.3 is 5.11 Å². The highest BCUT2D eigenvalue weighted by Gasteiger charge is 2.31. The highest BCUT2D eigenvalue weighted by Crippen LogP contribution is 2.48. The summed E-state index contributed by atoms with van der Waals surface area (Å²) < 4.78 is 2.33. The molecule has 0 fully saturated rings. The van der Waals surface area contributed by atoms with Crippen molar-refractivity contribution < 1.29 is 5.11 Å². The van der Waals surface area contributed by atoms with Crippen molar-refractivity contribution in [1.82, 2.24) is 0 Å². The van der Waals surface area contributed by atoms with Gasteiger partial charge in [-0.3, -0.25) is 0 Å². The normalized spacial score (nSPS) is 12.5. The molecule has 180 valence electrons. The monoisotopic (exact) mass is 510 g/mol.